The number of hydrogen-bond donors (Lipinski definition) is 1. The van der Waals surface area contributed by atoms with Crippen molar-refractivity contribution in [1.82, 2.24) is 14.5 Å². The molecule has 4 heterocycles. The number of nitrogens with one attached hydrogen (secondary N) is 1. The first-order chi connectivity index (χ1) is 16.0. The molecule has 172 valence electrons. The van der Waals surface area contributed by atoms with Crippen LogP contribution in [-0.2, 0) is 14.8 Å². The molecule has 1 aliphatic heterocycles. The topological polar surface area (TPSA) is 128 Å². The van der Waals surface area contributed by atoms with E-state index in [-0.39, 0.29) is 28.6 Å². The molecule has 0 bridgehead atoms. The highest BCUT2D eigenvalue weighted by Gasteiger charge is 2.34. The van der Waals surface area contributed by atoms with Crippen molar-refractivity contribution in [2.24, 2.45) is 5.92 Å². The average molecular weight is 489 g/mol. The van der Waals surface area contributed by atoms with Crippen LogP contribution in [0.25, 0.3) is 22.6 Å². The Balaban J connectivity index is 1.29. The molecular formula is C21H20N4O6S2. The summed E-state index contributed by atoms with van der Waals surface area (Å²) in [5.74, 6) is 0.121. The van der Waals surface area contributed by atoms with E-state index in [2.05, 4.69) is 15.5 Å². The molecule has 1 fully saturated rings. The van der Waals surface area contributed by atoms with Gasteiger partial charge in [0.05, 0.1) is 13.0 Å². The van der Waals surface area contributed by atoms with Gasteiger partial charge in [-0.3, -0.25) is 10.1 Å². The Morgan fingerprint density at radius 3 is 2.91 bits per heavy atom. The van der Waals surface area contributed by atoms with E-state index in [9.17, 15) is 13.2 Å². The Labute approximate surface area is 193 Å². The number of hydrogen-bond acceptors (Lipinski definition) is 9. The van der Waals surface area contributed by atoms with E-state index < -0.39 is 15.9 Å². The number of nitrogens with zero attached hydrogens (tertiary/aromatic N) is 3. The van der Waals surface area contributed by atoms with Crippen LogP contribution in [0.3, 0.4) is 0 Å². The van der Waals surface area contributed by atoms with E-state index in [0.717, 1.165) is 16.7 Å². The van der Waals surface area contributed by atoms with Crippen molar-refractivity contribution in [1.29, 1.82) is 0 Å². The number of carbonyl (C=O) groups excluding carboxylic acids is 1. The lowest BCUT2D eigenvalue weighted by Crippen LogP contribution is -2.43. The molecule has 1 aliphatic rings. The molecule has 33 heavy (non-hydrogen) atoms. The Morgan fingerprint density at radius 1 is 1.24 bits per heavy atom. The van der Waals surface area contributed by atoms with Gasteiger partial charge in [-0.2, -0.15) is 4.31 Å². The number of carbonyl (C=O) groups is 1. The number of para-hydroxylation sites is 1. The molecule has 0 aliphatic carbocycles. The fourth-order valence-electron chi connectivity index (χ4n) is 3.80. The third-order valence-corrected chi connectivity index (χ3v) is 8.68. The van der Waals surface area contributed by atoms with Crippen LogP contribution in [0.5, 0.6) is 5.75 Å². The Hall–Kier alpha value is -3.22. The number of furan rings is 1. The molecule has 0 spiro atoms. The molecule has 10 nitrogen and oxygen atoms in total. The number of benzene rings is 1. The summed E-state index contributed by atoms with van der Waals surface area (Å²) in [5.41, 5.74) is 0.549. The van der Waals surface area contributed by atoms with Crippen LogP contribution in [0.4, 0.5) is 6.01 Å². The monoisotopic (exact) mass is 488 g/mol. The van der Waals surface area contributed by atoms with Crippen LogP contribution >= 0.6 is 11.3 Å². The lowest BCUT2D eigenvalue weighted by Gasteiger charge is -2.30. The molecule has 1 unspecified atom stereocenters. The molecule has 0 radical (unpaired) electrons. The Kier molecular flexibility index (Phi) is 5.64. The number of piperidine rings is 1. The van der Waals surface area contributed by atoms with Gasteiger partial charge in [-0.1, -0.05) is 23.3 Å². The van der Waals surface area contributed by atoms with Gasteiger partial charge in [-0.05, 0) is 36.4 Å². The zero-order valence-corrected chi connectivity index (χ0v) is 19.2. The van der Waals surface area contributed by atoms with Crippen molar-refractivity contribution in [3.63, 3.8) is 0 Å². The molecule has 0 saturated carbocycles. The summed E-state index contributed by atoms with van der Waals surface area (Å²) in [5, 5.41) is 13.0. The zero-order chi connectivity index (χ0) is 23.0. The lowest BCUT2D eigenvalue weighted by atomic mass is 9.99. The highest BCUT2D eigenvalue weighted by atomic mass is 32.2. The summed E-state index contributed by atoms with van der Waals surface area (Å²) in [6, 6.07) is 10.4. The average Bonchev–Trinajstić information content (AvgIpc) is 3.59. The van der Waals surface area contributed by atoms with E-state index >= 15 is 0 Å². The standard InChI is InChI=1S/C21H20N4O6S2/c1-29-15-7-2-5-13-11-16(30-18(13)15)20-23-24-21(31-20)22-19(26)14-6-3-9-25(12-14)33(27,28)17-8-4-10-32-17/h2,4-5,7-8,10-11,14H,3,6,9,12H2,1H3,(H,22,24,26). The fraction of sp³-hybridized carbons (Fsp3) is 0.286. The summed E-state index contributed by atoms with van der Waals surface area (Å²) in [6.45, 7) is 0.473. The van der Waals surface area contributed by atoms with E-state index in [1.54, 1.807) is 36.8 Å². The molecular weight excluding hydrogens is 468 g/mol. The zero-order valence-electron chi connectivity index (χ0n) is 17.6. The summed E-state index contributed by atoms with van der Waals surface area (Å²) >= 11 is 1.16. The van der Waals surface area contributed by atoms with Crippen LogP contribution in [0.15, 0.2) is 54.8 Å². The summed E-state index contributed by atoms with van der Waals surface area (Å²) in [7, 11) is -2.06. The largest absolute Gasteiger partial charge is 0.493 e. The molecule has 1 N–H and O–H groups in total. The van der Waals surface area contributed by atoms with Crippen molar-refractivity contribution < 1.29 is 26.8 Å². The first kappa shape index (κ1) is 21.6. The van der Waals surface area contributed by atoms with Crippen molar-refractivity contribution in [2.45, 2.75) is 17.1 Å². The first-order valence-electron chi connectivity index (χ1n) is 10.2. The minimum absolute atomic E-state index is 0.0827. The van der Waals surface area contributed by atoms with E-state index in [1.807, 2.05) is 12.1 Å². The smallest absolute Gasteiger partial charge is 0.322 e. The molecule has 12 heteroatoms. The lowest BCUT2D eigenvalue weighted by molar-refractivity contribution is -0.121. The van der Waals surface area contributed by atoms with Gasteiger partial charge in [-0.15, -0.1) is 16.4 Å². The van der Waals surface area contributed by atoms with Gasteiger partial charge in [0.15, 0.2) is 17.1 Å². The number of methoxy groups -OCH3 is 1. The normalized spacial score (nSPS) is 17.3. The number of aromatic nitrogens is 2. The maximum absolute atomic E-state index is 12.8. The van der Waals surface area contributed by atoms with Crippen LogP contribution in [0.1, 0.15) is 12.8 Å². The van der Waals surface area contributed by atoms with Gasteiger partial charge in [0.25, 0.3) is 15.9 Å². The molecule has 1 aromatic carbocycles. The van der Waals surface area contributed by atoms with E-state index in [4.69, 9.17) is 13.6 Å². The van der Waals surface area contributed by atoms with Gasteiger partial charge >= 0.3 is 6.01 Å². The first-order valence-corrected chi connectivity index (χ1v) is 12.5. The van der Waals surface area contributed by atoms with Gasteiger partial charge in [0.1, 0.15) is 4.21 Å². The fourth-order valence-corrected chi connectivity index (χ4v) is 6.46. The SMILES string of the molecule is COc1cccc2cc(-c3nnc(NC(=O)C4CCCN(S(=O)(=O)c5cccs5)C4)o3)oc12. The number of thiophene rings is 1. The van der Waals surface area contributed by atoms with E-state index in [1.165, 1.54) is 4.31 Å². The number of anilines is 1. The summed E-state index contributed by atoms with van der Waals surface area (Å²) < 4.78 is 43.9. The second kappa shape index (κ2) is 8.61. The highest BCUT2D eigenvalue weighted by Crippen LogP contribution is 2.33. The quantitative estimate of drug-likeness (QED) is 0.436. The van der Waals surface area contributed by atoms with Gasteiger partial charge < -0.3 is 13.6 Å². The number of ether oxygens (including phenoxy) is 1. The van der Waals surface area contributed by atoms with Crippen molar-refractivity contribution >= 4 is 44.3 Å². The molecule has 1 atom stereocenters. The van der Waals surface area contributed by atoms with Crippen LogP contribution in [0.2, 0.25) is 0 Å². The van der Waals surface area contributed by atoms with Crippen molar-refractivity contribution in [2.75, 3.05) is 25.5 Å². The Bertz CT molecular complexity index is 1390. The van der Waals surface area contributed by atoms with Gasteiger partial charge in [0, 0.05) is 18.5 Å². The predicted octanol–water partition coefficient (Wildman–Crippen LogP) is 3.59. The number of rotatable bonds is 6. The maximum Gasteiger partial charge on any atom is 0.322 e. The molecule has 5 rings (SSSR count). The third-order valence-electron chi connectivity index (χ3n) is 5.44. The summed E-state index contributed by atoms with van der Waals surface area (Å²) in [6.07, 6.45) is 1.14. The van der Waals surface area contributed by atoms with E-state index in [0.29, 0.717) is 36.5 Å². The Morgan fingerprint density at radius 2 is 2.12 bits per heavy atom. The minimum Gasteiger partial charge on any atom is -0.493 e. The van der Waals surface area contributed by atoms with Crippen LogP contribution in [-0.4, -0.2) is 49.0 Å². The number of sulfonamides is 1. The second-order valence-corrected chi connectivity index (χ2v) is 10.6. The van der Waals surface area contributed by atoms with Crippen molar-refractivity contribution in [3.8, 4) is 17.4 Å². The minimum atomic E-state index is -3.61. The van der Waals surface area contributed by atoms with Crippen LogP contribution < -0.4 is 10.1 Å². The maximum atomic E-state index is 12.8. The van der Waals surface area contributed by atoms with Gasteiger partial charge in [-0.25, -0.2) is 8.42 Å². The third kappa shape index (κ3) is 4.12. The highest BCUT2D eigenvalue weighted by molar-refractivity contribution is 7.91. The second-order valence-electron chi connectivity index (χ2n) is 7.53. The number of fused-ring (bicyclic) bond motifs is 1. The van der Waals surface area contributed by atoms with Crippen molar-refractivity contribution in [3.05, 3.63) is 41.8 Å². The predicted molar refractivity (Wildman–Crippen MR) is 120 cm³/mol. The van der Waals surface area contributed by atoms with Crippen LogP contribution in [0, 0.1) is 5.92 Å². The molecule has 1 amide bonds. The van der Waals surface area contributed by atoms with Gasteiger partial charge in [0.2, 0.25) is 5.91 Å². The molecule has 3 aromatic heterocycles. The number of amides is 1. The molecule has 1 saturated heterocycles. The molecule has 4 aromatic rings. The summed E-state index contributed by atoms with van der Waals surface area (Å²) in [4.78, 5) is 12.8.